The molecule has 0 aliphatic carbocycles. The molecular weight excluding hydrogens is 1040 g/mol. The Morgan fingerprint density at radius 3 is 1.71 bits per heavy atom. The van der Waals surface area contributed by atoms with E-state index in [4.69, 9.17) is 61.8 Å². The fraction of sp³-hybridized carbons (Fsp3) is 0.172. The molecule has 11 rings (SSSR count). The fourth-order valence-corrected chi connectivity index (χ4v) is 11.1. The lowest BCUT2D eigenvalue weighted by Gasteiger charge is -2.16. The average molecular weight is 1090 g/mol. The number of ether oxygens (including phenoxy) is 5. The molecule has 386 valence electrons. The number of carbonyl (C=O) groups is 3. The van der Waals surface area contributed by atoms with Crippen molar-refractivity contribution in [2.45, 2.75) is 47.5 Å². The Balaban J connectivity index is 0.976. The van der Waals surface area contributed by atoms with Gasteiger partial charge in [-0.15, -0.1) is 0 Å². The topological polar surface area (TPSA) is 177 Å². The van der Waals surface area contributed by atoms with E-state index in [1.165, 1.54) is 17.4 Å². The highest BCUT2D eigenvalue weighted by atomic mass is 35.5. The number of halogens is 2. The first kappa shape index (κ1) is 50.5. The molecule has 0 N–H and O–H groups in total. The lowest BCUT2D eigenvalue weighted by atomic mass is 10.0. The Labute approximate surface area is 454 Å². The van der Waals surface area contributed by atoms with Crippen molar-refractivity contribution in [3.63, 3.8) is 0 Å². The van der Waals surface area contributed by atoms with Crippen LogP contribution in [0.4, 0.5) is 0 Å². The van der Waals surface area contributed by atoms with Crippen LogP contribution in [0.3, 0.4) is 0 Å². The number of hydrogen-bond acceptors (Lipinski definition) is 14. The Bertz CT molecular complexity index is 4130. The van der Waals surface area contributed by atoms with Crippen molar-refractivity contribution in [3.8, 4) is 56.9 Å². The second-order valence-electron chi connectivity index (χ2n) is 18.4. The summed E-state index contributed by atoms with van der Waals surface area (Å²) >= 11 is 14.1. The molecule has 0 bridgehead atoms. The van der Waals surface area contributed by atoms with Gasteiger partial charge in [-0.05, 0) is 107 Å². The minimum Gasteiger partial charge on any atom is -0.497 e. The van der Waals surface area contributed by atoms with Crippen LogP contribution in [-0.4, -0.2) is 70.7 Å². The SMILES string of the molecule is COc1ccc2c(c1)c(OC(=O)CC(CC(=O)Oc1c(C)n(-c3nc4ccccc4s3)c3ccc(OC)cc13)C(=O)Oc1c(C)n(-c3cc(Cl)nc(Cl)n3)c3ccc(C)cc13)c(C)n2-c1cc(C)nc(-c2ccccc2)n1. The summed E-state index contributed by atoms with van der Waals surface area (Å²) in [6.07, 6.45) is -1.21. The number of esters is 3. The van der Waals surface area contributed by atoms with Crippen molar-refractivity contribution < 1.29 is 38.1 Å². The second kappa shape index (κ2) is 20.5. The molecule has 1 atom stereocenters. The van der Waals surface area contributed by atoms with Gasteiger partial charge < -0.3 is 23.7 Å². The number of methoxy groups -OCH3 is 2. The number of benzene rings is 5. The predicted octanol–water partition coefficient (Wildman–Crippen LogP) is 12.8. The van der Waals surface area contributed by atoms with E-state index >= 15 is 4.79 Å². The van der Waals surface area contributed by atoms with E-state index in [0.717, 1.165) is 21.3 Å². The van der Waals surface area contributed by atoms with Crippen molar-refractivity contribution in [2.75, 3.05) is 14.2 Å². The molecule has 0 spiro atoms. The van der Waals surface area contributed by atoms with E-state index in [1.807, 2.05) is 127 Å². The fourth-order valence-electron chi connectivity index (χ4n) is 9.69. The smallest absolute Gasteiger partial charge is 0.315 e. The molecule has 16 nitrogen and oxygen atoms in total. The van der Waals surface area contributed by atoms with E-state index in [1.54, 1.807) is 50.8 Å². The molecule has 0 amide bonds. The molecule has 0 radical (unpaired) electrons. The van der Waals surface area contributed by atoms with Gasteiger partial charge in [-0.25, -0.2) is 19.9 Å². The van der Waals surface area contributed by atoms with Crippen LogP contribution in [0.25, 0.3) is 71.1 Å². The minimum absolute atomic E-state index is 0.0886. The second-order valence-corrected chi connectivity index (χ2v) is 20.1. The van der Waals surface area contributed by atoms with Gasteiger partial charge in [0.1, 0.15) is 28.3 Å². The van der Waals surface area contributed by atoms with Crippen LogP contribution >= 0.6 is 34.5 Å². The van der Waals surface area contributed by atoms with E-state index in [9.17, 15) is 9.59 Å². The Kier molecular flexibility index (Phi) is 13.4. The summed E-state index contributed by atoms with van der Waals surface area (Å²) in [6, 6.07) is 37.3. The summed E-state index contributed by atoms with van der Waals surface area (Å²) < 4.78 is 36.7. The zero-order valence-electron chi connectivity index (χ0n) is 42.5. The normalized spacial score (nSPS) is 11.9. The van der Waals surface area contributed by atoms with Gasteiger partial charge >= 0.3 is 17.9 Å². The number of thiazole rings is 1. The molecule has 6 heterocycles. The first-order valence-electron chi connectivity index (χ1n) is 24.3. The lowest BCUT2D eigenvalue weighted by molar-refractivity contribution is -0.149. The molecule has 0 saturated heterocycles. The molecule has 1 unspecified atom stereocenters. The maximum absolute atomic E-state index is 15.0. The van der Waals surface area contributed by atoms with Gasteiger partial charge in [-0.3, -0.25) is 28.1 Å². The predicted molar refractivity (Wildman–Crippen MR) is 296 cm³/mol. The van der Waals surface area contributed by atoms with Gasteiger partial charge in [0, 0.05) is 39.5 Å². The van der Waals surface area contributed by atoms with Crippen molar-refractivity contribution in [2.24, 2.45) is 5.92 Å². The number of hydrogen-bond donors (Lipinski definition) is 0. The highest BCUT2D eigenvalue weighted by Gasteiger charge is 2.33. The molecule has 77 heavy (non-hydrogen) atoms. The third kappa shape index (κ3) is 9.57. The van der Waals surface area contributed by atoms with Crippen LogP contribution in [0.2, 0.25) is 10.4 Å². The standard InChI is InChI=1S/C58H46Cl2N8O8S/c1-30-17-20-43-39(23-30)54(33(4)67(43)49-29-47(59)63-57(60)65-49)76-56(71)36(26-51(70)75-53-34(5)68(45-22-19-38(73-7)28-41(45)53)58-62-42-15-11-12-16-46(42)77-58)25-50(69)74-52-32(3)66(44-21-18-37(72-6)27-40(44)52)48-24-31(2)61-55(64-48)35-13-9-8-10-14-35/h8-24,27-29,36H,25-26H2,1-7H3. The van der Waals surface area contributed by atoms with Crippen LogP contribution in [0.15, 0.2) is 121 Å². The van der Waals surface area contributed by atoms with Gasteiger partial charge in [0.05, 0.1) is 76.8 Å². The first-order chi connectivity index (χ1) is 37.2. The molecular formula is C58H46Cl2N8O8S. The van der Waals surface area contributed by atoms with Gasteiger partial charge in [-0.2, -0.15) is 4.98 Å². The molecule has 0 saturated carbocycles. The zero-order chi connectivity index (χ0) is 53.8. The van der Waals surface area contributed by atoms with Crippen molar-refractivity contribution in [3.05, 3.63) is 160 Å². The Hall–Kier alpha value is -8.64. The number of rotatable bonds is 14. The minimum atomic E-state index is -1.45. The number of aromatic nitrogens is 8. The molecule has 0 fully saturated rings. The third-order valence-electron chi connectivity index (χ3n) is 13.3. The van der Waals surface area contributed by atoms with Gasteiger partial charge in [0.25, 0.3) is 0 Å². The van der Waals surface area contributed by atoms with Gasteiger partial charge in [0.2, 0.25) is 5.28 Å². The van der Waals surface area contributed by atoms with Crippen LogP contribution in [0, 0.1) is 40.5 Å². The van der Waals surface area contributed by atoms with E-state index in [-0.39, 0.29) is 27.7 Å². The van der Waals surface area contributed by atoms with Gasteiger partial charge in [-0.1, -0.05) is 77.0 Å². The summed E-state index contributed by atoms with van der Waals surface area (Å²) in [4.78, 5) is 67.4. The number of nitrogens with zero attached hydrogens (tertiary/aromatic N) is 8. The summed E-state index contributed by atoms with van der Waals surface area (Å²) in [7, 11) is 3.09. The molecule has 0 aliphatic heterocycles. The summed E-state index contributed by atoms with van der Waals surface area (Å²) in [5.41, 5.74) is 6.74. The molecule has 19 heteroatoms. The maximum Gasteiger partial charge on any atom is 0.315 e. The third-order valence-corrected chi connectivity index (χ3v) is 14.6. The van der Waals surface area contributed by atoms with Crippen molar-refractivity contribution in [1.82, 2.24) is 38.6 Å². The highest BCUT2D eigenvalue weighted by Crippen LogP contribution is 2.42. The summed E-state index contributed by atoms with van der Waals surface area (Å²) in [6.45, 7) is 9.15. The summed E-state index contributed by atoms with van der Waals surface area (Å²) in [5, 5.41) is 2.31. The molecule has 5 aromatic carbocycles. The van der Waals surface area contributed by atoms with Gasteiger partial charge in [0.15, 0.2) is 28.2 Å². The number of fused-ring (bicyclic) bond motifs is 4. The quantitative estimate of drug-likeness (QED) is 0.0571. The Morgan fingerprint density at radius 1 is 0.558 bits per heavy atom. The molecule has 0 aliphatic rings. The zero-order valence-corrected chi connectivity index (χ0v) is 44.9. The van der Waals surface area contributed by atoms with Crippen molar-refractivity contribution in [1.29, 1.82) is 0 Å². The average Bonchev–Trinajstić information content (AvgIpc) is 4.25. The number of para-hydroxylation sites is 1. The highest BCUT2D eigenvalue weighted by molar-refractivity contribution is 7.20. The first-order valence-corrected chi connectivity index (χ1v) is 25.8. The van der Waals surface area contributed by atoms with Crippen molar-refractivity contribution >= 4 is 95.4 Å². The number of aryl methyl sites for hydroxylation is 2. The largest absolute Gasteiger partial charge is 0.497 e. The molecule has 11 aromatic rings. The van der Waals surface area contributed by atoms with Crippen LogP contribution in [-0.2, 0) is 14.4 Å². The maximum atomic E-state index is 15.0. The summed E-state index contributed by atoms with van der Waals surface area (Å²) in [5.74, 6) is -1.02. The van der Waals surface area contributed by atoms with E-state index < -0.39 is 36.7 Å². The lowest BCUT2D eigenvalue weighted by Crippen LogP contribution is -2.29. The van der Waals surface area contributed by atoms with Crippen LogP contribution < -0.4 is 23.7 Å². The van der Waals surface area contributed by atoms with Crippen LogP contribution in [0.5, 0.6) is 28.7 Å². The van der Waals surface area contributed by atoms with E-state index in [0.29, 0.717) is 89.6 Å². The monoisotopic (exact) mass is 1080 g/mol. The number of carbonyl (C=O) groups excluding carboxylic acids is 3. The van der Waals surface area contributed by atoms with Crippen LogP contribution in [0.1, 0.15) is 41.2 Å². The van der Waals surface area contributed by atoms with E-state index in [2.05, 4.69) is 9.97 Å². The Morgan fingerprint density at radius 2 is 1.10 bits per heavy atom. The molecule has 6 aromatic heterocycles.